The Morgan fingerprint density at radius 3 is 2.26 bits per heavy atom. The second-order valence-electron chi connectivity index (χ2n) is 5.39. The number of aromatic nitrogens is 1. The molecule has 0 saturated carbocycles. The van der Waals surface area contributed by atoms with Crippen LogP contribution in [-0.2, 0) is 6.42 Å². The molecule has 2 N–H and O–H groups in total. The first kappa shape index (κ1) is 13.8. The molecule has 0 aliphatic carbocycles. The molecule has 1 unspecified atom stereocenters. The van der Waals surface area contributed by atoms with E-state index in [-0.39, 0.29) is 6.04 Å². The summed E-state index contributed by atoms with van der Waals surface area (Å²) in [6, 6.07) is 8.46. The van der Waals surface area contributed by atoms with Gasteiger partial charge in [0.1, 0.15) is 0 Å². The third-order valence-electron chi connectivity index (χ3n) is 3.64. The number of rotatable bonds is 3. The van der Waals surface area contributed by atoms with Crippen LogP contribution in [0.2, 0.25) is 0 Å². The maximum Gasteiger partial charge on any atom is 0.0451 e. The third kappa shape index (κ3) is 3.02. The van der Waals surface area contributed by atoms with E-state index in [1.807, 2.05) is 12.3 Å². The first-order valence-corrected chi connectivity index (χ1v) is 6.73. The maximum atomic E-state index is 6.41. The summed E-state index contributed by atoms with van der Waals surface area (Å²) in [6.07, 6.45) is 2.63. The molecule has 0 amide bonds. The topological polar surface area (TPSA) is 38.9 Å². The molecule has 100 valence electrons. The van der Waals surface area contributed by atoms with Gasteiger partial charge in [0.15, 0.2) is 0 Å². The highest BCUT2D eigenvalue weighted by Gasteiger charge is 2.14. The van der Waals surface area contributed by atoms with Crippen LogP contribution >= 0.6 is 0 Å². The Kier molecular flexibility index (Phi) is 4.01. The molecule has 1 atom stereocenters. The van der Waals surface area contributed by atoms with E-state index in [2.05, 4.69) is 50.9 Å². The Balaban J connectivity index is 2.31. The third-order valence-corrected chi connectivity index (χ3v) is 3.64. The first-order valence-electron chi connectivity index (χ1n) is 6.73. The van der Waals surface area contributed by atoms with E-state index < -0.39 is 0 Å². The van der Waals surface area contributed by atoms with Crippen molar-refractivity contribution < 1.29 is 0 Å². The maximum absolute atomic E-state index is 6.41. The Morgan fingerprint density at radius 2 is 1.68 bits per heavy atom. The van der Waals surface area contributed by atoms with Gasteiger partial charge in [0.25, 0.3) is 0 Å². The summed E-state index contributed by atoms with van der Waals surface area (Å²) in [6.45, 7) is 8.49. The molecule has 0 saturated heterocycles. The van der Waals surface area contributed by atoms with Gasteiger partial charge in [-0.15, -0.1) is 0 Å². The highest BCUT2D eigenvalue weighted by Crippen LogP contribution is 2.24. The van der Waals surface area contributed by atoms with E-state index in [0.29, 0.717) is 0 Å². The quantitative estimate of drug-likeness (QED) is 0.909. The fourth-order valence-electron chi connectivity index (χ4n) is 2.82. The molecule has 0 aliphatic rings. The van der Waals surface area contributed by atoms with E-state index in [0.717, 1.165) is 12.1 Å². The summed E-state index contributed by atoms with van der Waals surface area (Å²) in [4.78, 5) is 4.44. The number of aryl methyl sites for hydroxylation is 4. The number of hydrogen-bond acceptors (Lipinski definition) is 2. The minimum atomic E-state index is 0.00852. The zero-order valence-electron chi connectivity index (χ0n) is 12.2. The zero-order chi connectivity index (χ0) is 14.0. The van der Waals surface area contributed by atoms with E-state index in [1.54, 1.807) is 0 Å². The van der Waals surface area contributed by atoms with Gasteiger partial charge >= 0.3 is 0 Å². The normalized spacial score (nSPS) is 12.5. The minimum absolute atomic E-state index is 0.00852. The molecule has 19 heavy (non-hydrogen) atoms. The Bertz CT molecular complexity index is 565. The van der Waals surface area contributed by atoms with E-state index in [4.69, 9.17) is 5.73 Å². The Hall–Kier alpha value is -1.67. The molecule has 0 radical (unpaired) electrons. The molecule has 2 aromatic rings. The van der Waals surface area contributed by atoms with Crippen LogP contribution in [0.25, 0.3) is 0 Å². The van der Waals surface area contributed by atoms with Crippen LogP contribution in [0.4, 0.5) is 0 Å². The predicted octanol–water partition coefficient (Wildman–Crippen LogP) is 3.56. The number of nitrogens with zero attached hydrogens (tertiary/aromatic N) is 1. The molecule has 0 fully saturated rings. The lowest BCUT2D eigenvalue weighted by Crippen LogP contribution is -2.17. The summed E-state index contributed by atoms with van der Waals surface area (Å²) in [5.41, 5.74) is 13.8. The monoisotopic (exact) mass is 254 g/mol. The van der Waals surface area contributed by atoms with Crippen LogP contribution in [0.15, 0.2) is 30.5 Å². The van der Waals surface area contributed by atoms with Gasteiger partial charge in [0.05, 0.1) is 0 Å². The second kappa shape index (κ2) is 5.54. The van der Waals surface area contributed by atoms with E-state index in [1.165, 1.54) is 27.8 Å². The van der Waals surface area contributed by atoms with Gasteiger partial charge < -0.3 is 5.73 Å². The zero-order valence-corrected chi connectivity index (χ0v) is 12.2. The van der Waals surface area contributed by atoms with Gasteiger partial charge in [0.2, 0.25) is 0 Å². The van der Waals surface area contributed by atoms with Gasteiger partial charge in [-0.2, -0.15) is 0 Å². The number of nitrogens with two attached hydrogens (primary N) is 1. The molecule has 1 heterocycles. The average molecular weight is 254 g/mol. The number of pyridine rings is 1. The molecular weight excluding hydrogens is 232 g/mol. The first-order chi connectivity index (χ1) is 8.99. The minimum Gasteiger partial charge on any atom is -0.324 e. The van der Waals surface area contributed by atoms with E-state index >= 15 is 0 Å². The summed E-state index contributed by atoms with van der Waals surface area (Å²) < 4.78 is 0. The molecule has 2 heteroatoms. The average Bonchev–Trinajstić information content (AvgIpc) is 2.30. The van der Waals surface area contributed by atoms with Crippen LogP contribution in [0.3, 0.4) is 0 Å². The fraction of sp³-hybridized carbons (Fsp3) is 0.353. The Morgan fingerprint density at radius 1 is 1.05 bits per heavy atom. The van der Waals surface area contributed by atoms with Gasteiger partial charge in [-0.25, -0.2) is 0 Å². The van der Waals surface area contributed by atoms with Crippen molar-refractivity contribution in [2.75, 3.05) is 0 Å². The van der Waals surface area contributed by atoms with Crippen molar-refractivity contribution in [3.63, 3.8) is 0 Å². The lowest BCUT2D eigenvalue weighted by molar-refractivity contribution is 0.693. The van der Waals surface area contributed by atoms with E-state index in [9.17, 15) is 0 Å². The highest BCUT2D eigenvalue weighted by molar-refractivity contribution is 5.40. The smallest absolute Gasteiger partial charge is 0.0451 e. The van der Waals surface area contributed by atoms with Crippen molar-refractivity contribution in [1.29, 1.82) is 0 Å². The van der Waals surface area contributed by atoms with Crippen molar-refractivity contribution in [1.82, 2.24) is 4.98 Å². The second-order valence-corrected chi connectivity index (χ2v) is 5.39. The van der Waals surface area contributed by atoms with Gasteiger partial charge in [-0.3, -0.25) is 4.98 Å². The Labute approximate surface area is 115 Å². The molecule has 0 spiro atoms. The molecule has 0 aliphatic heterocycles. The van der Waals surface area contributed by atoms with Crippen LogP contribution in [-0.4, -0.2) is 4.98 Å². The van der Waals surface area contributed by atoms with Crippen molar-refractivity contribution in [3.05, 3.63) is 64.0 Å². The van der Waals surface area contributed by atoms with Crippen LogP contribution < -0.4 is 5.73 Å². The summed E-state index contributed by atoms with van der Waals surface area (Å²) in [5.74, 6) is 0. The molecule has 2 nitrogen and oxygen atoms in total. The number of hydrogen-bond donors (Lipinski definition) is 1. The summed E-state index contributed by atoms with van der Waals surface area (Å²) in [5, 5.41) is 0. The molecule has 2 rings (SSSR count). The summed E-state index contributed by atoms with van der Waals surface area (Å²) >= 11 is 0. The van der Waals surface area contributed by atoms with Crippen molar-refractivity contribution in [2.24, 2.45) is 5.73 Å². The standard InChI is InChI=1S/C17H22N2/c1-11-8-13(3)17(14(4)9-11)15(18)10-16-12(2)6-5-7-19-16/h5-9,15H,10,18H2,1-4H3. The highest BCUT2D eigenvalue weighted by atomic mass is 14.7. The van der Waals surface area contributed by atoms with Gasteiger partial charge in [-0.05, 0) is 56.0 Å². The van der Waals surface area contributed by atoms with Gasteiger partial charge in [0, 0.05) is 24.4 Å². The predicted molar refractivity (Wildman–Crippen MR) is 80.3 cm³/mol. The van der Waals surface area contributed by atoms with Crippen LogP contribution in [0, 0.1) is 27.7 Å². The lowest BCUT2D eigenvalue weighted by atomic mass is 9.91. The van der Waals surface area contributed by atoms with Crippen molar-refractivity contribution in [2.45, 2.75) is 40.2 Å². The van der Waals surface area contributed by atoms with Gasteiger partial charge in [-0.1, -0.05) is 23.8 Å². The fourth-order valence-corrected chi connectivity index (χ4v) is 2.82. The number of benzene rings is 1. The molecule has 1 aromatic heterocycles. The summed E-state index contributed by atoms with van der Waals surface area (Å²) in [7, 11) is 0. The van der Waals surface area contributed by atoms with Crippen molar-refractivity contribution >= 4 is 0 Å². The van der Waals surface area contributed by atoms with Crippen LogP contribution in [0.1, 0.15) is 39.6 Å². The molecule has 1 aromatic carbocycles. The molecular formula is C17H22N2. The molecule has 0 bridgehead atoms. The van der Waals surface area contributed by atoms with Crippen LogP contribution in [0.5, 0.6) is 0 Å². The SMILES string of the molecule is Cc1cc(C)c(C(N)Cc2ncccc2C)c(C)c1. The largest absolute Gasteiger partial charge is 0.324 e. The lowest BCUT2D eigenvalue weighted by Gasteiger charge is -2.19. The van der Waals surface area contributed by atoms with Crippen molar-refractivity contribution in [3.8, 4) is 0 Å².